The van der Waals surface area contributed by atoms with Crippen LogP contribution in [0, 0.1) is 5.41 Å². The van der Waals surface area contributed by atoms with Crippen LogP contribution in [0.2, 0.25) is 5.02 Å². The Morgan fingerprint density at radius 1 is 1.04 bits per heavy atom. The third-order valence-corrected chi connectivity index (χ3v) is 8.01. The Bertz CT molecular complexity index is 696. The van der Waals surface area contributed by atoms with Gasteiger partial charge < -0.3 is 14.2 Å². The van der Waals surface area contributed by atoms with Gasteiger partial charge in [0.2, 0.25) is 0 Å². The summed E-state index contributed by atoms with van der Waals surface area (Å²) in [6.07, 6.45) is 6.62. The molecule has 3 fully saturated rings. The van der Waals surface area contributed by atoms with Crippen LogP contribution in [-0.4, -0.2) is 43.4 Å². The summed E-state index contributed by atoms with van der Waals surface area (Å²) in [5.74, 6) is 0.631. The number of halogens is 1. The maximum absolute atomic E-state index is 6.69. The first-order chi connectivity index (χ1) is 12.6. The number of benzene rings is 1. The van der Waals surface area contributed by atoms with Crippen molar-refractivity contribution in [3.8, 4) is 0 Å². The van der Waals surface area contributed by atoms with Crippen LogP contribution in [0.4, 0.5) is 0 Å². The van der Waals surface area contributed by atoms with Crippen molar-refractivity contribution < 1.29 is 9.31 Å². The van der Waals surface area contributed by atoms with E-state index in [0.717, 1.165) is 10.5 Å². The van der Waals surface area contributed by atoms with Gasteiger partial charge in [-0.1, -0.05) is 23.7 Å². The molecule has 2 saturated heterocycles. The first kappa shape index (κ1) is 19.8. The van der Waals surface area contributed by atoms with E-state index in [1.54, 1.807) is 0 Å². The molecule has 1 saturated carbocycles. The standard InChI is InChI=1S/C22H33BClNO2/c1-20(2)21(3,4)27-23(26-20)18-7-6-17(14-19(18)24)16-8-10-22(11-9-16)12-13-25(5)15-22/h6-7,14,16H,8-13,15H2,1-5H3. The lowest BCUT2D eigenvalue weighted by Gasteiger charge is -2.37. The van der Waals surface area contributed by atoms with Gasteiger partial charge in [-0.25, -0.2) is 0 Å². The van der Waals surface area contributed by atoms with Crippen LogP contribution in [0.25, 0.3) is 0 Å². The van der Waals surface area contributed by atoms with Gasteiger partial charge in [-0.3, -0.25) is 0 Å². The highest BCUT2D eigenvalue weighted by molar-refractivity contribution is 6.65. The summed E-state index contributed by atoms with van der Waals surface area (Å²) in [5, 5.41) is 0.770. The molecule has 1 aromatic rings. The minimum atomic E-state index is -0.389. The second kappa shape index (κ2) is 6.76. The van der Waals surface area contributed by atoms with Crippen LogP contribution in [0.1, 0.15) is 71.3 Å². The minimum absolute atomic E-state index is 0.341. The molecule has 0 aromatic heterocycles. The number of hydrogen-bond donors (Lipinski definition) is 0. The number of rotatable bonds is 2. The zero-order valence-electron chi connectivity index (χ0n) is 17.5. The van der Waals surface area contributed by atoms with E-state index >= 15 is 0 Å². The maximum atomic E-state index is 6.69. The molecule has 5 heteroatoms. The Hall–Kier alpha value is -0.545. The van der Waals surface area contributed by atoms with E-state index < -0.39 is 0 Å². The third kappa shape index (κ3) is 3.59. The summed E-state index contributed by atoms with van der Waals surface area (Å²) >= 11 is 6.69. The van der Waals surface area contributed by atoms with Gasteiger partial charge in [0.05, 0.1) is 11.2 Å². The Balaban J connectivity index is 1.46. The monoisotopic (exact) mass is 389 g/mol. The molecule has 2 aliphatic heterocycles. The molecule has 1 spiro atoms. The highest BCUT2D eigenvalue weighted by atomic mass is 35.5. The number of likely N-dealkylation sites (tertiary alicyclic amines) is 1. The second-order valence-electron chi connectivity index (χ2n) is 10.1. The zero-order chi connectivity index (χ0) is 19.4. The average molecular weight is 390 g/mol. The highest BCUT2D eigenvalue weighted by Gasteiger charge is 2.52. The zero-order valence-corrected chi connectivity index (χ0v) is 18.2. The molecule has 0 atom stereocenters. The Morgan fingerprint density at radius 3 is 2.19 bits per heavy atom. The third-order valence-electron chi connectivity index (χ3n) is 7.68. The first-order valence-corrected chi connectivity index (χ1v) is 10.8. The molecular formula is C22H33BClNO2. The van der Waals surface area contributed by atoms with Gasteiger partial charge in [0.15, 0.2) is 0 Å². The lowest BCUT2D eigenvalue weighted by molar-refractivity contribution is 0.00578. The van der Waals surface area contributed by atoms with Crippen LogP contribution >= 0.6 is 11.6 Å². The SMILES string of the molecule is CN1CCC2(CCC(c3ccc(B4OC(C)(C)C(C)(C)O4)c(Cl)c3)CC2)C1. The van der Waals surface area contributed by atoms with Gasteiger partial charge >= 0.3 is 7.12 Å². The van der Waals surface area contributed by atoms with Crippen LogP contribution in [0.15, 0.2) is 18.2 Å². The summed E-state index contributed by atoms with van der Waals surface area (Å²) in [6.45, 7) is 10.9. The average Bonchev–Trinajstić information content (AvgIpc) is 3.04. The molecule has 2 heterocycles. The lowest BCUT2D eigenvalue weighted by atomic mass is 9.68. The summed E-state index contributed by atoms with van der Waals surface area (Å²) in [6, 6.07) is 6.52. The van der Waals surface area contributed by atoms with Crippen LogP contribution in [0.3, 0.4) is 0 Å². The molecule has 1 aliphatic carbocycles. The van der Waals surface area contributed by atoms with Crippen molar-refractivity contribution in [3.63, 3.8) is 0 Å². The fraction of sp³-hybridized carbons (Fsp3) is 0.727. The van der Waals surface area contributed by atoms with Crippen molar-refractivity contribution in [3.05, 3.63) is 28.8 Å². The first-order valence-electron chi connectivity index (χ1n) is 10.4. The van der Waals surface area contributed by atoms with E-state index in [4.69, 9.17) is 20.9 Å². The molecule has 0 amide bonds. The molecule has 4 rings (SSSR count). The van der Waals surface area contributed by atoms with Crippen LogP contribution < -0.4 is 5.46 Å². The molecule has 0 bridgehead atoms. The molecule has 0 N–H and O–H groups in total. The van der Waals surface area contributed by atoms with Gasteiger partial charge in [0, 0.05) is 17.0 Å². The minimum Gasteiger partial charge on any atom is -0.399 e. The van der Waals surface area contributed by atoms with Crippen molar-refractivity contribution in [2.75, 3.05) is 20.1 Å². The Labute approximate surface area is 169 Å². The predicted octanol–water partition coefficient (Wildman–Crippen LogP) is 4.62. The molecule has 3 nitrogen and oxygen atoms in total. The fourth-order valence-electron chi connectivity index (χ4n) is 5.09. The van der Waals surface area contributed by atoms with Gasteiger partial charge in [0.1, 0.15) is 0 Å². The van der Waals surface area contributed by atoms with E-state index in [1.165, 1.54) is 50.8 Å². The topological polar surface area (TPSA) is 21.7 Å². The quantitative estimate of drug-likeness (QED) is 0.689. The van der Waals surface area contributed by atoms with Crippen molar-refractivity contribution >= 4 is 24.2 Å². The number of hydrogen-bond acceptors (Lipinski definition) is 3. The predicted molar refractivity (Wildman–Crippen MR) is 113 cm³/mol. The maximum Gasteiger partial charge on any atom is 0.496 e. The van der Waals surface area contributed by atoms with Gasteiger partial charge in [0.25, 0.3) is 0 Å². The molecule has 0 unspecified atom stereocenters. The van der Waals surface area contributed by atoms with E-state index in [2.05, 4.69) is 57.8 Å². The highest BCUT2D eigenvalue weighted by Crippen LogP contribution is 2.48. The van der Waals surface area contributed by atoms with Crippen LogP contribution in [0.5, 0.6) is 0 Å². The molecule has 148 valence electrons. The van der Waals surface area contributed by atoms with Crippen molar-refractivity contribution in [1.29, 1.82) is 0 Å². The molecule has 1 aromatic carbocycles. The van der Waals surface area contributed by atoms with E-state index in [-0.39, 0.29) is 18.3 Å². The lowest BCUT2D eigenvalue weighted by Crippen LogP contribution is -2.41. The molecule has 0 radical (unpaired) electrons. The van der Waals surface area contributed by atoms with Gasteiger partial charge in [-0.15, -0.1) is 0 Å². The smallest absolute Gasteiger partial charge is 0.399 e. The van der Waals surface area contributed by atoms with Crippen molar-refractivity contribution in [1.82, 2.24) is 4.90 Å². The largest absolute Gasteiger partial charge is 0.496 e. The Kier molecular flexibility index (Phi) is 4.95. The van der Waals surface area contributed by atoms with E-state index in [9.17, 15) is 0 Å². The van der Waals surface area contributed by atoms with Crippen LogP contribution in [-0.2, 0) is 9.31 Å². The van der Waals surface area contributed by atoms with Crippen molar-refractivity contribution in [2.45, 2.75) is 76.9 Å². The Morgan fingerprint density at radius 2 is 1.67 bits per heavy atom. The summed E-state index contributed by atoms with van der Waals surface area (Å²) in [7, 11) is 1.87. The molecule has 27 heavy (non-hydrogen) atoms. The van der Waals surface area contributed by atoms with E-state index in [1.807, 2.05) is 0 Å². The summed E-state index contributed by atoms with van der Waals surface area (Å²) in [5.41, 5.74) is 2.22. The molecule has 3 aliphatic rings. The normalized spacial score (nSPS) is 33.1. The van der Waals surface area contributed by atoms with Gasteiger partial charge in [-0.2, -0.15) is 0 Å². The fourth-order valence-corrected chi connectivity index (χ4v) is 5.37. The van der Waals surface area contributed by atoms with Crippen molar-refractivity contribution in [2.24, 2.45) is 5.41 Å². The summed E-state index contributed by atoms with van der Waals surface area (Å²) in [4.78, 5) is 2.50. The second-order valence-corrected chi connectivity index (χ2v) is 10.5. The van der Waals surface area contributed by atoms with Gasteiger partial charge in [-0.05, 0) is 96.4 Å². The molecular weight excluding hydrogens is 357 g/mol. The number of nitrogens with zero attached hydrogens (tertiary/aromatic N) is 1. The van der Waals surface area contributed by atoms with E-state index in [0.29, 0.717) is 11.3 Å². The summed E-state index contributed by atoms with van der Waals surface area (Å²) < 4.78 is 12.4.